The minimum absolute atomic E-state index is 0.0238. The lowest BCUT2D eigenvalue weighted by molar-refractivity contribution is -0.138. The molecule has 0 aliphatic heterocycles. The maximum atomic E-state index is 11.4. The van der Waals surface area contributed by atoms with Gasteiger partial charge in [-0.1, -0.05) is 13.2 Å². The molecule has 0 aliphatic carbocycles. The van der Waals surface area contributed by atoms with Crippen molar-refractivity contribution in [3.8, 4) is 0 Å². The van der Waals surface area contributed by atoms with Crippen LogP contribution in [0.25, 0.3) is 0 Å². The van der Waals surface area contributed by atoms with E-state index >= 15 is 0 Å². The zero-order valence-corrected chi connectivity index (χ0v) is 15.9. The summed E-state index contributed by atoms with van der Waals surface area (Å²) < 4.78 is 19.3. The molecule has 11 heteroatoms. The van der Waals surface area contributed by atoms with Crippen molar-refractivity contribution in [2.75, 3.05) is 59.7 Å². The highest BCUT2D eigenvalue weighted by Gasteiger charge is 2.06. The van der Waals surface area contributed by atoms with Gasteiger partial charge in [0.15, 0.2) is 0 Å². The molecule has 2 N–H and O–H groups in total. The summed E-state index contributed by atoms with van der Waals surface area (Å²) in [4.78, 5) is 46.2. The standard InChI is InChI=1S/C17H27N3O8/c1-4-14(21)25-10-6-18-16(23)27-12-8-20(3)9-13-28-17(24)19-7-11-26-15(22)5-2/h4-5H,1-2,6-13H2,3H3,(H,18,23)(H,19,24). The Balaban J connectivity index is 3.59. The number of carbonyl (C=O) groups is 4. The molecule has 2 amide bonds. The van der Waals surface area contributed by atoms with Crippen molar-refractivity contribution in [2.24, 2.45) is 0 Å². The van der Waals surface area contributed by atoms with Gasteiger partial charge >= 0.3 is 24.1 Å². The Labute approximate surface area is 163 Å². The van der Waals surface area contributed by atoms with Gasteiger partial charge in [-0.3, -0.25) is 4.90 Å². The topological polar surface area (TPSA) is 132 Å². The molecule has 0 radical (unpaired) electrons. The summed E-state index contributed by atoms with van der Waals surface area (Å²) in [7, 11) is 1.77. The first-order chi connectivity index (χ1) is 13.4. The minimum atomic E-state index is -0.629. The first kappa shape index (κ1) is 24.9. The lowest BCUT2D eigenvalue weighted by Crippen LogP contribution is -2.34. The van der Waals surface area contributed by atoms with Crippen molar-refractivity contribution < 1.29 is 38.1 Å². The summed E-state index contributed by atoms with van der Waals surface area (Å²) in [5.74, 6) is -1.13. The number of nitrogens with zero attached hydrogens (tertiary/aromatic N) is 1. The van der Waals surface area contributed by atoms with Gasteiger partial charge in [0.2, 0.25) is 0 Å². The molecular weight excluding hydrogens is 374 g/mol. The van der Waals surface area contributed by atoms with Crippen molar-refractivity contribution >= 4 is 24.1 Å². The molecule has 0 atom stereocenters. The molecule has 28 heavy (non-hydrogen) atoms. The van der Waals surface area contributed by atoms with Crippen LogP contribution in [0.15, 0.2) is 25.3 Å². The fourth-order valence-corrected chi connectivity index (χ4v) is 1.53. The van der Waals surface area contributed by atoms with Crippen LogP contribution in [-0.2, 0) is 28.5 Å². The van der Waals surface area contributed by atoms with E-state index in [-0.39, 0.29) is 39.5 Å². The smallest absolute Gasteiger partial charge is 0.407 e. The summed E-state index contributed by atoms with van der Waals surface area (Å²) in [6, 6.07) is 0. The highest BCUT2D eigenvalue weighted by atomic mass is 16.6. The molecule has 0 heterocycles. The first-order valence-electron chi connectivity index (χ1n) is 8.47. The zero-order valence-electron chi connectivity index (χ0n) is 15.9. The average molecular weight is 401 g/mol. The predicted molar refractivity (Wildman–Crippen MR) is 98.5 cm³/mol. The third-order valence-electron chi connectivity index (χ3n) is 2.98. The van der Waals surface area contributed by atoms with E-state index in [2.05, 4.69) is 33.3 Å². The van der Waals surface area contributed by atoms with Crippen LogP contribution in [0.1, 0.15) is 0 Å². The molecule has 0 saturated heterocycles. The molecule has 0 fully saturated rings. The van der Waals surface area contributed by atoms with E-state index in [9.17, 15) is 19.2 Å². The molecule has 0 bridgehead atoms. The number of alkyl carbamates (subject to hydrolysis) is 2. The molecule has 158 valence electrons. The van der Waals surface area contributed by atoms with Gasteiger partial charge in [0.05, 0.1) is 13.1 Å². The Morgan fingerprint density at radius 2 is 1.14 bits per heavy atom. The second-order valence-corrected chi connectivity index (χ2v) is 5.17. The zero-order chi connectivity index (χ0) is 21.2. The van der Waals surface area contributed by atoms with Gasteiger partial charge in [-0.05, 0) is 7.05 Å². The number of carbonyl (C=O) groups excluding carboxylic acids is 4. The van der Waals surface area contributed by atoms with Gasteiger partial charge in [-0.15, -0.1) is 0 Å². The van der Waals surface area contributed by atoms with Gasteiger partial charge in [-0.2, -0.15) is 0 Å². The van der Waals surface area contributed by atoms with Crippen molar-refractivity contribution in [1.82, 2.24) is 15.5 Å². The number of hydrogen-bond donors (Lipinski definition) is 2. The molecule has 0 aliphatic rings. The SMILES string of the molecule is C=CC(=O)OCCNC(=O)OCCN(C)CCOC(=O)NCCOC(=O)C=C. The van der Waals surface area contributed by atoms with E-state index in [1.54, 1.807) is 11.9 Å². The lowest BCUT2D eigenvalue weighted by Gasteiger charge is -2.16. The first-order valence-corrected chi connectivity index (χ1v) is 8.47. The van der Waals surface area contributed by atoms with Crippen LogP contribution in [0, 0.1) is 0 Å². The van der Waals surface area contributed by atoms with E-state index in [1.165, 1.54) is 0 Å². The van der Waals surface area contributed by atoms with Crippen LogP contribution in [-0.4, -0.2) is 88.7 Å². The Morgan fingerprint density at radius 3 is 1.50 bits per heavy atom. The number of rotatable bonds is 14. The summed E-state index contributed by atoms with van der Waals surface area (Å²) >= 11 is 0. The molecule has 0 saturated carbocycles. The van der Waals surface area contributed by atoms with Crippen LogP contribution < -0.4 is 10.6 Å². The monoisotopic (exact) mass is 401 g/mol. The third-order valence-corrected chi connectivity index (χ3v) is 2.98. The summed E-state index contributed by atoms with van der Waals surface area (Å²) in [5.41, 5.74) is 0. The Bertz CT molecular complexity index is 492. The van der Waals surface area contributed by atoms with Gasteiger partial charge in [-0.25, -0.2) is 19.2 Å². The molecule has 0 unspecified atom stereocenters. The molecular formula is C17H27N3O8. The number of esters is 2. The molecule has 0 rings (SSSR count). The van der Waals surface area contributed by atoms with E-state index < -0.39 is 24.1 Å². The van der Waals surface area contributed by atoms with E-state index in [0.717, 1.165) is 12.2 Å². The number of likely N-dealkylation sites (N-methyl/N-ethyl adjacent to an activating group) is 1. The average Bonchev–Trinajstić information content (AvgIpc) is 2.68. The van der Waals surface area contributed by atoms with Crippen LogP contribution in [0.3, 0.4) is 0 Å². The summed E-state index contributed by atoms with van der Waals surface area (Å²) in [6.45, 7) is 7.93. The van der Waals surface area contributed by atoms with Gasteiger partial charge < -0.3 is 29.6 Å². The fourth-order valence-electron chi connectivity index (χ4n) is 1.53. The lowest BCUT2D eigenvalue weighted by atomic mass is 10.5. The Hall–Kier alpha value is -3.08. The maximum absolute atomic E-state index is 11.4. The minimum Gasteiger partial charge on any atom is -0.461 e. The second-order valence-electron chi connectivity index (χ2n) is 5.17. The quantitative estimate of drug-likeness (QED) is 0.176. The van der Waals surface area contributed by atoms with E-state index in [4.69, 9.17) is 9.47 Å². The van der Waals surface area contributed by atoms with E-state index in [1.807, 2.05) is 0 Å². The van der Waals surface area contributed by atoms with Crippen molar-refractivity contribution in [1.29, 1.82) is 0 Å². The van der Waals surface area contributed by atoms with Crippen molar-refractivity contribution in [2.45, 2.75) is 0 Å². The van der Waals surface area contributed by atoms with Gasteiger partial charge in [0.1, 0.15) is 26.4 Å². The van der Waals surface area contributed by atoms with Crippen LogP contribution in [0.4, 0.5) is 9.59 Å². The number of nitrogens with one attached hydrogen (secondary N) is 2. The molecule has 0 spiro atoms. The Kier molecular flexibility index (Phi) is 14.3. The summed E-state index contributed by atoms with van der Waals surface area (Å²) in [6.07, 6.45) is 0.803. The van der Waals surface area contributed by atoms with Crippen LogP contribution >= 0.6 is 0 Å². The maximum Gasteiger partial charge on any atom is 0.407 e. The highest BCUT2D eigenvalue weighted by Crippen LogP contribution is 1.87. The number of amides is 2. The second kappa shape index (κ2) is 16.1. The molecule has 0 aromatic rings. The Morgan fingerprint density at radius 1 is 0.750 bits per heavy atom. The van der Waals surface area contributed by atoms with Crippen molar-refractivity contribution in [3.63, 3.8) is 0 Å². The third kappa shape index (κ3) is 15.2. The molecule has 0 aromatic heterocycles. The predicted octanol–water partition coefficient (Wildman–Crippen LogP) is -0.171. The largest absolute Gasteiger partial charge is 0.461 e. The van der Waals surface area contributed by atoms with Gasteiger partial charge in [0.25, 0.3) is 0 Å². The molecule has 0 aromatic carbocycles. The number of ether oxygens (including phenoxy) is 4. The molecule has 11 nitrogen and oxygen atoms in total. The fraction of sp³-hybridized carbons (Fsp3) is 0.529. The van der Waals surface area contributed by atoms with Crippen LogP contribution in [0.5, 0.6) is 0 Å². The summed E-state index contributed by atoms with van der Waals surface area (Å²) in [5, 5.41) is 4.85. The van der Waals surface area contributed by atoms with Gasteiger partial charge in [0, 0.05) is 25.2 Å². The normalized spacial score (nSPS) is 9.79. The number of hydrogen-bond acceptors (Lipinski definition) is 9. The van der Waals surface area contributed by atoms with E-state index in [0.29, 0.717) is 13.1 Å². The van der Waals surface area contributed by atoms with Crippen LogP contribution in [0.2, 0.25) is 0 Å². The van der Waals surface area contributed by atoms with Crippen molar-refractivity contribution in [3.05, 3.63) is 25.3 Å². The highest BCUT2D eigenvalue weighted by molar-refractivity contribution is 5.81.